The van der Waals surface area contributed by atoms with Gasteiger partial charge in [-0.3, -0.25) is 9.69 Å². The molecule has 0 atom stereocenters. The summed E-state index contributed by atoms with van der Waals surface area (Å²) in [5.74, 6) is 1.27. The van der Waals surface area contributed by atoms with Crippen molar-refractivity contribution in [3.63, 3.8) is 0 Å². The molecule has 120 valence electrons. The van der Waals surface area contributed by atoms with E-state index in [4.69, 9.17) is 9.47 Å². The molecule has 2 aliphatic rings. The third-order valence-corrected chi connectivity index (χ3v) is 4.53. The number of hydrogen-bond donors (Lipinski definition) is 1. The topological polar surface area (TPSA) is 50.8 Å². The Kier molecular flexibility index (Phi) is 4.25. The van der Waals surface area contributed by atoms with E-state index in [0.29, 0.717) is 23.6 Å². The fourth-order valence-electron chi connectivity index (χ4n) is 3.05. The summed E-state index contributed by atoms with van der Waals surface area (Å²) < 4.78 is 10.6. The monoisotopic (exact) mass is 304 g/mol. The minimum atomic E-state index is -0.0663. The Morgan fingerprint density at radius 3 is 2.68 bits per heavy atom. The van der Waals surface area contributed by atoms with E-state index in [0.717, 1.165) is 13.1 Å². The lowest BCUT2D eigenvalue weighted by Gasteiger charge is -2.41. The highest BCUT2D eigenvalue weighted by molar-refractivity contribution is 5.95. The van der Waals surface area contributed by atoms with Crippen LogP contribution in [0.3, 0.4) is 0 Å². The van der Waals surface area contributed by atoms with Crippen molar-refractivity contribution < 1.29 is 14.3 Å². The van der Waals surface area contributed by atoms with Crippen LogP contribution in [-0.4, -0.2) is 42.8 Å². The third kappa shape index (κ3) is 3.19. The van der Waals surface area contributed by atoms with Crippen LogP contribution >= 0.6 is 0 Å². The van der Waals surface area contributed by atoms with Gasteiger partial charge in [-0.1, -0.05) is 6.42 Å². The number of carbonyl (C=O) groups excluding carboxylic acids is 1. The number of ether oxygens (including phenoxy) is 2. The number of benzene rings is 1. The van der Waals surface area contributed by atoms with Gasteiger partial charge in [0.25, 0.3) is 5.91 Å². The first kappa shape index (κ1) is 15.2. The number of carbonyl (C=O) groups is 1. The van der Waals surface area contributed by atoms with E-state index in [2.05, 4.69) is 24.1 Å². The van der Waals surface area contributed by atoms with Crippen LogP contribution in [0.4, 0.5) is 0 Å². The highest BCUT2D eigenvalue weighted by Crippen LogP contribution is 2.32. The van der Waals surface area contributed by atoms with Crippen molar-refractivity contribution in [1.82, 2.24) is 10.2 Å². The standard InChI is InChI=1S/C17H24N2O3/c1-17(2,19-8-4-3-5-9-19)11-18-16(20)13-6-7-14-15(10-13)22-12-21-14/h6-7,10H,3-5,8-9,11-12H2,1-2H3,(H,18,20). The van der Waals surface area contributed by atoms with Crippen LogP contribution in [0.1, 0.15) is 43.5 Å². The Morgan fingerprint density at radius 2 is 1.91 bits per heavy atom. The van der Waals surface area contributed by atoms with E-state index in [1.807, 2.05) is 0 Å². The summed E-state index contributed by atoms with van der Waals surface area (Å²) in [4.78, 5) is 14.8. The lowest BCUT2D eigenvalue weighted by atomic mass is 9.98. The van der Waals surface area contributed by atoms with E-state index >= 15 is 0 Å². The maximum atomic E-state index is 12.3. The Hall–Kier alpha value is -1.75. The van der Waals surface area contributed by atoms with E-state index in [1.54, 1.807) is 18.2 Å². The second-order valence-electron chi connectivity index (χ2n) is 6.61. The summed E-state index contributed by atoms with van der Waals surface area (Å²) in [5.41, 5.74) is 0.588. The van der Waals surface area contributed by atoms with E-state index in [1.165, 1.54) is 19.3 Å². The molecule has 2 aliphatic heterocycles. The summed E-state index contributed by atoms with van der Waals surface area (Å²) in [6.45, 7) is 7.49. The van der Waals surface area contributed by atoms with Gasteiger partial charge in [-0.2, -0.15) is 0 Å². The van der Waals surface area contributed by atoms with Crippen LogP contribution in [-0.2, 0) is 0 Å². The molecule has 5 nitrogen and oxygen atoms in total. The molecule has 22 heavy (non-hydrogen) atoms. The van der Waals surface area contributed by atoms with Crippen molar-refractivity contribution in [2.45, 2.75) is 38.6 Å². The highest BCUT2D eigenvalue weighted by Gasteiger charge is 2.28. The minimum absolute atomic E-state index is 0.0214. The number of likely N-dealkylation sites (tertiary alicyclic amines) is 1. The van der Waals surface area contributed by atoms with E-state index in [-0.39, 0.29) is 18.2 Å². The zero-order valence-corrected chi connectivity index (χ0v) is 13.4. The Morgan fingerprint density at radius 1 is 1.18 bits per heavy atom. The maximum absolute atomic E-state index is 12.3. The first-order valence-corrected chi connectivity index (χ1v) is 7.99. The second-order valence-corrected chi connectivity index (χ2v) is 6.61. The molecule has 0 aromatic heterocycles. The summed E-state index contributed by atoms with van der Waals surface area (Å²) in [7, 11) is 0. The molecule has 0 aliphatic carbocycles. The van der Waals surface area contributed by atoms with E-state index in [9.17, 15) is 4.79 Å². The molecule has 2 heterocycles. The largest absolute Gasteiger partial charge is 0.454 e. The molecule has 0 bridgehead atoms. The number of nitrogens with one attached hydrogen (secondary N) is 1. The Bertz CT molecular complexity index is 551. The first-order chi connectivity index (χ1) is 10.6. The van der Waals surface area contributed by atoms with Gasteiger partial charge in [-0.25, -0.2) is 0 Å². The van der Waals surface area contributed by atoms with Crippen molar-refractivity contribution in [3.8, 4) is 11.5 Å². The number of amides is 1. The molecular formula is C17H24N2O3. The number of nitrogens with zero attached hydrogens (tertiary/aromatic N) is 1. The van der Waals surface area contributed by atoms with Crippen LogP contribution in [0.5, 0.6) is 11.5 Å². The number of rotatable bonds is 4. The normalized spacial score (nSPS) is 18.3. The lowest BCUT2D eigenvalue weighted by molar-refractivity contribution is 0.0797. The molecule has 0 saturated carbocycles. The number of hydrogen-bond acceptors (Lipinski definition) is 4. The molecule has 0 spiro atoms. The van der Waals surface area contributed by atoms with Crippen molar-refractivity contribution in [3.05, 3.63) is 23.8 Å². The SMILES string of the molecule is CC(C)(CNC(=O)c1ccc2c(c1)OCO2)N1CCCCC1. The quantitative estimate of drug-likeness (QED) is 0.928. The first-order valence-electron chi connectivity index (χ1n) is 7.99. The zero-order valence-electron chi connectivity index (χ0n) is 13.4. The summed E-state index contributed by atoms with van der Waals surface area (Å²) in [6.07, 6.45) is 3.81. The van der Waals surface area contributed by atoms with Gasteiger partial charge < -0.3 is 14.8 Å². The summed E-state index contributed by atoms with van der Waals surface area (Å²) in [6, 6.07) is 5.30. The molecule has 1 aromatic carbocycles. The van der Waals surface area contributed by atoms with E-state index < -0.39 is 0 Å². The smallest absolute Gasteiger partial charge is 0.251 e. The van der Waals surface area contributed by atoms with Crippen molar-refractivity contribution in [2.75, 3.05) is 26.4 Å². The molecule has 5 heteroatoms. The van der Waals surface area contributed by atoms with Gasteiger partial charge in [-0.15, -0.1) is 0 Å². The van der Waals surface area contributed by atoms with Gasteiger partial charge in [0, 0.05) is 17.6 Å². The summed E-state index contributed by atoms with van der Waals surface area (Å²) in [5, 5.41) is 3.05. The molecule has 1 amide bonds. The fourth-order valence-corrected chi connectivity index (χ4v) is 3.05. The van der Waals surface area contributed by atoms with Crippen molar-refractivity contribution in [2.24, 2.45) is 0 Å². The van der Waals surface area contributed by atoms with Gasteiger partial charge in [0.1, 0.15) is 0 Å². The highest BCUT2D eigenvalue weighted by atomic mass is 16.7. The van der Waals surface area contributed by atoms with Crippen LogP contribution in [0.25, 0.3) is 0 Å². The second kappa shape index (κ2) is 6.16. The van der Waals surface area contributed by atoms with Gasteiger partial charge in [-0.05, 0) is 58.0 Å². The third-order valence-electron chi connectivity index (χ3n) is 4.53. The molecular weight excluding hydrogens is 280 g/mol. The fraction of sp³-hybridized carbons (Fsp3) is 0.588. The van der Waals surface area contributed by atoms with Gasteiger partial charge in [0.15, 0.2) is 11.5 Å². The average Bonchev–Trinajstić information content (AvgIpc) is 3.01. The van der Waals surface area contributed by atoms with Crippen LogP contribution in [0.15, 0.2) is 18.2 Å². The molecule has 0 unspecified atom stereocenters. The maximum Gasteiger partial charge on any atom is 0.251 e. The molecule has 0 radical (unpaired) electrons. The predicted octanol–water partition coefficient (Wildman–Crippen LogP) is 2.41. The molecule has 1 N–H and O–H groups in total. The van der Waals surface area contributed by atoms with Crippen LogP contribution < -0.4 is 14.8 Å². The number of piperidine rings is 1. The Labute approximate surface area is 131 Å². The zero-order chi connectivity index (χ0) is 15.6. The molecule has 1 aromatic rings. The van der Waals surface area contributed by atoms with Crippen LogP contribution in [0, 0.1) is 0 Å². The lowest BCUT2D eigenvalue weighted by Crippen LogP contribution is -2.53. The van der Waals surface area contributed by atoms with Crippen molar-refractivity contribution in [1.29, 1.82) is 0 Å². The number of fused-ring (bicyclic) bond motifs is 1. The van der Waals surface area contributed by atoms with Crippen molar-refractivity contribution >= 4 is 5.91 Å². The van der Waals surface area contributed by atoms with Gasteiger partial charge in [0.05, 0.1) is 0 Å². The predicted molar refractivity (Wildman–Crippen MR) is 84.4 cm³/mol. The summed E-state index contributed by atoms with van der Waals surface area (Å²) >= 11 is 0. The Balaban J connectivity index is 1.59. The minimum Gasteiger partial charge on any atom is -0.454 e. The molecule has 1 fully saturated rings. The van der Waals surface area contributed by atoms with Gasteiger partial charge >= 0.3 is 0 Å². The average molecular weight is 304 g/mol. The van der Waals surface area contributed by atoms with Gasteiger partial charge in [0.2, 0.25) is 6.79 Å². The molecule has 3 rings (SSSR count). The molecule has 1 saturated heterocycles. The van der Waals surface area contributed by atoms with Crippen LogP contribution in [0.2, 0.25) is 0 Å².